The number of ether oxygens (including phenoxy) is 1. The Labute approximate surface area is 117 Å². The van der Waals surface area contributed by atoms with E-state index in [0.29, 0.717) is 12.1 Å². The lowest BCUT2D eigenvalue weighted by molar-refractivity contribution is -0.131. The molecular formula is C15H18FNO3. The summed E-state index contributed by atoms with van der Waals surface area (Å²) in [5, 5.41) is 8.68. The maximum absolute atomic E-state index is 13.3. The van der Waals surface area contributed by atoms with Crippen LogP contribution in [0.4, 0.5) is 4.39 Å². The molecule has 108 valence electrons. The molecule has 1 fully saturated rings. The molecule has 0 saturated carbocycles. The van der Waals surface area contributed by atoms with Gasteiger partial charge < -0.3 is 9.84 Å². The molecule has 0 aromatic heterocycles. The van der Waals surface area contributed by atoms with Crippen LogP contribution in [0, 0.1) is 5.82 Å². The number of likely N-dealkylation sites (tertiary alicyclic amines) is 1. The summed E-state index contributed by atoms with van der Waals surface area (Å²) in [6, 6.07) is 4.47. The number of halogens is 1. The first-order chi connectivity index (χ1) is 9.58. The minimum atomic E-state index is -1.04. The van der Waals surface area contributed by atoms with Gasteiger partial charge in [-0.3, -0.25) is 4.90 Å². The van der Waals surface area contributed by atoms with Gasteiger partial charge in [0.25, 0.3) is 0 Å². The Morgan fingerprint density at radius 1 is 1.60 bits per heavy atom. The first kappa shape index (κ1) is 14.7. The van der Waals surface area contributed by atoms with Gasteiger partial charge in [-0.15, -0.1) is 0 Å². The van der Waals surface area contributed by atoms with E-state index in [1.807, 2.05) is 0 Å². The highest BCUT2D eigenvalue weighted by molar-refractivity contribution is 5.85. The lowest BCUT2D eigenvalue weighted by Crippen LogP contribution is -2.22. The van der Waals surface area contributed by atoms with Gasteiger partial charge in [0.15, 0.2) is 0 Å². The molecule has 1 heterocycles. The average molecular weight is 279 g/mol. The molecule has 5 heteroatoms. The number of methoxy groups -OCH3 is 1. The van der Waals surface area contributed by atoms with Gasteiger partial charge in [-0.25, -0.2) is 9.18 Å². The molecule has 1 aliphatic rings. The van der Waals surface area contributed by atoms with Crippen molar-refractivity contribution in [3.05, 3.63) is 41.2 Å². The topological polar surface area (TPSA) is 49.8 Å². The van der Waals surface area contributed by atoms with Crippen LogP contribution in [0.2, 0.25) is 0 Å². The van der Waals surface area contributed by atoms with Crippen LogP contribution in [0.1, 0.15) is 17.5 Å². The third kappa shape index (κ3) is 3.88. The predicted molar refractivity (Wildman–Crippen MR) is 73.8 cm³/mol. The Balaban J connectivity index is 2.12. The van der Waals surface area contributed by atoms with E-state index in [4.69, 9.17) is 9.84 Å². The molecule has 1 saturated heterocycles. The molecule has 1 aromatic rings. The van der Waals surface area contributed by atoms with E-state index in [9.17, 15) is 9.18 Å². The van der Waals surface area contributed by atoms with Gasteiger partial charge in [0.2, 0.25) is 0 Å². The summed E-state index contributed by atoms with van der Waals surface area (Å²) < 4.78 is 18.6. The molecule has 4 nitrogen and oxygen atoms in total. The molecule has 0 amide bonds. The Morgan fingerprint density at radius 2 is 2.40 bits per heavy atom. The second-order valence-corrected chi connectivity index (χ2v) is 4.90. The number of hydrogen-bond acceptors (Lipinski definition) is 3. The largest absolute Gasteiger partial charge is 0.478 e. The fourth-order valence-electron chi connectivity index (χ4n) is 2.40. The van der Waals surface area contributed by atoms with Gasteiger partial charge in [-0.1, -0.05) is 6.07 Å². The second kappa shape index (κ2) is 6.63. The molecule has 0 radical (unpaired) electrons. The monoisotopic (exact) mass is 279 g/mol. The first-order valence-electron chi connectivity index (χ1n) is 6.53. The smallest absolute Gasteiger partial charge is 0.328 e. The molecule has 20 heavy (non-hydrogen) atoms. The second-order valence-electron chi connectivity index (χ2n) is 4.90. The van der Waals surface area contributed by atoms with Crippen LogP contribution in [0.5, 0.6) is 0 Å². The molecule has 2 rings (SSSR count). The Kier molecular flexibility index (Phi) is 4.87. The lowest BCUT2D eigenvalue weighted by Gasteiger charge is -2.17. The standard InChI is InChI=1S/C15H18FNO3/c1-20-14-6-7-17(10-14)9-12-2-4-13(16)8-11(12)3-5-15(18)19/h2-5,8,14H,6-7,9-10H2,1H3,(H,18,19)/b5-3+. The average Bonchev–Trinajstić information content (AvgIpc) is 2.86. The van der Waals surface area contributed by atoms with Crippen molar-refractivity contribution in [1.29, 1.82) is 0 Å². The molecular weight excluding hydrogens is 261 g/mol. The third-order valence-corrected chi connectivity index (χ3v) is 3.47. The maximum atomic E-state index is 13.3. The first-order valence-corrected chi connectivity index (χ1v) is 6.53. The zero-order valence-electron chi connectivity index (χ0n) is 11.4. The molecule has 1 aromatic carbocycles. The van der Waals surface area contributed by atoms with Gasteiger partial charge in [-0.05, 0) is 35.8 Å². The van der Waals surface area contributed by atoms with Crippen LogP contribution >= 0.6 is 0 Å². The number of benzene rings is 1. The van der Waals surface area contributed by atoms with E-state index in [0.717, 1.165) is 31.1 Å². The summed E-state index contributed by atoms with van der Waals surface area (Å²) in [6.45, 7) is 2.44. The van der Waals surface area contributed by atoms with E-state index in [1.54, 1.807) is 13.2 Å². The number of rotatable bonds is 5. The fraction of sp³-hybridized carbons (Fsp3) is 0.400. The number of aliphatic carboxylic acids is 1. The minimum Gasteiger partial charge on any atom is -0.478 e. The quantitative estimate of drug-likeness (QED) is 0.839. The zero-order chi connectivity index (χ0) is 14.5. The molecule has 1 aliphatic heterocycles. The van der Waals surface area contributed by atoms with Crippen LogP contribution < -0.4 is 0 Å². The van der Waals surface area contributed by atoms with E-state index >= 15 is 0 Å². The highest BCUT2D eigenvalue weighted by Crippen LogP contribution is 2.19. The van der Waals surface area contributed by atoms with Crippen molar-refractivity contribution in [3.63, 3.8) is 0 Å². The van der Waals surface area contributed by atoms with Crippen molar-refractivity contribution in [2.24, 2.45) is 0 Å². The minimum absolute atomic E-state index is 0.244. The summed E-state index contributed by atoms with van der Waals surface area (Å²) in [4.78, 5) is 12.8. The maximum Gasteiger partial charge on any atom is 0.328 e. The number of carbonyl (C=O) groups is 1. The Morgan fingerprint density at radius 3 is 3.05 bits per heavy atom. The van der Waals surface area contributed by atoms with Crippen molar-refractivity contribution in [2.45, 2.75) is 19.1 Å². The van der Waals surface area contributed by atoms with Gasteiger partial charge in [0, 0.05) is 32.8 Å². The van der Waals surface area contributed by atoms with Gasteiger partial charge in [-0.2, -0.15) is 0 Å². The normalized spacial score (nSPS) is 19.8. The van der Waals surface area contributed by atoms with E-state index in [-0.39, 0.29) is 11.9 Å². The lowest BCUT2D eigenvalue weighted by atomic mass is 10.1. The van der Waals surface area contributed by atoms with E-state index < -0.39 is 5.97 Å². The highest BCUT2D eigenvalue weighted by atomic mass is 19.1. The number of carboxylic acid groups (broad SMARTS) is 1. The molecule has 0 spiro atoms. The van der Waals surface area contributed by atoms with Crippen molar-refractivity contribution < 1.29 is 19.0 Å². The van der Waals surface area contributed by atoms with Crippen LogP contribution in [0.25, 0.3) is 6.08 Å². The summed E-state index contributed by atoms with van der Waals surface area (Å²) in [7, 11) is 1.70. The van der Waals surface area contributed by atoms with Gasteiger partial charge in [0.05, 0.1) is 6.10 Å². The Bertz CT molecular complexity index is 516. The number of nitrogens with zero attached hydrogens (tertiary/aromatic N) is 1. The van der Waals surface area contributed by atoms with Crippen molar-refractivity contribution in [2.75, 3.05) is 20.2 Å². The molecule has 1 N–H and O–H groups in total. The van der Waals surface area contributed by atoms with Crippen molar-refractivity contribution in [1.82, 2.24) is 4.90 Å². The third-order valence-electron chi connectivity index (χ3n) is 3.47. The van der Waals surface area contributed by atoms with Crippen LogP contribution in [-0.2, 0) is 16.1 Å². The highest BCUT2D eigenvalue weighted by Gasteiger charge is 2.22. The van der Waals surface area contributed by atoms with E-state index in [2.05, 4.69) is 4.90 Å². The number of hydrogen-bond donors (Lipinski definition) is 1. The van der Waals surface area contributed by atoms with E-state index in [1.165, 1.54) is 18.2 Å². The fourth-order valence-corrected chi connectivity index (χ4v) is 2.40. The summed E-state index contributed by atoms with van der Waals surface area (Å²) in [5.41, 5.74) is 1.52. The number of carboxylic acids is 1. The molecule has 0 aliphatic carbocycles. The molecule has 1 unspecified atom stereocenters. The Hall–Kier alpha value is -1.72. The van der Waals surface area contributed by atoms with Crippen LogP contribution in [-0.4, -0.2) is 42.3 Å². The van der Waals surface area contributed by atoms with Crippen LogP contribution in [0.3, 0.4) is 0 Å². The van der Waals surface area contributed by atoms with Crippen LogP contribution in [0.15, 0.2) is 24.3 Å². The van der Waals surface area contributed by atoms with Crippen molar-refractivity contribution >= 4 is 12.0 Å². The van der Waals surface area contributed by atoms with Crippen molar-refractivity contribution in [3.8, 4) is 0 Å². The van der Waals surface area contributed by atoms with Gasteiger partial charge >= 0.3 is 5.97 Å². The summed E-state index contributed by atoms with van der Waals surface area (Å²) in [6.07, 6.45) is 3.69. The predicted octanol–water partition coefficient (Wildman–Crippen LogP) is 2.14. The summed E-state index contributed by atoms with van der Waals surface area (Å²) >= 11 is 0. The van der Waals surface area contributed by atoms with Gasteiger partial charge in [0.1, 0.15) is 5.82 Å². The molecule has 0 bridgehead atoms. The SMILES string of the molecule is COC1CCN(Cc2ccc(F)cc2/C=C/C(=O)O)C1. The zero-order valence-corrected chi connectivity index (χ0v) is 11.4. The molecule has 1 atom stereocenters. The summed E-state index contributed by atoms with van der Waals surface area (Å²) in [5.74, 6) is -1.41.